The van der Waals surface area contributed by atoms with Gasteiger partial charge in [0.15, 0.2) is 0 Å². The highest BCUT2D eigenvalue weighted by Crippen LogP contribution is 2.21. The van der Waals surface area contributed by atoms with Gasteiger partial charge in [-0.05, 0) is 23.8 Å². The van der Waals surface area contributed by atoms with E-state index >= 15 is 0 Å². The second-order valence-electron chi connectivity index (χ2n) is 3.79. The minimum absolute atomic E-state index is 0.483. The molecular formula is C12H17Cl2NO2. The van der Waals surface area contributed by atoms with Crippen molar-refractivity contribution in [1.29, 1.82) is 0 Å². The van der Waals surface area contributed by atoms with E-state index in [9.17, 15) is 5.11 Å². The third-order valence-electron chi connectivity index (χ3n) is 2.33. The van der Waals surface area contributed by atoms with Crippen molar-refractivity contribution in [2.24, 2.45) is 0 Å². The molecule has 17 heavy (non-hydrogen) atoms. The summed E-state index contributed by atoms with van der Waals surface area (Å²) < 4.78 is 4.89. The molecule has 1 rings (SSSR count). The van der Waals surface area contributed by atoms with Crippen LogP contribution in [0.4, 0.5) is 0 Å². The lowest BCUT2D eigenvalue weighted by molar-refractivity contribution is 0.160. The zero-order valence-electron chi connectivity index (χ0n) is 9.75. The molecule has 0 bridgehead atoms. The Kier molecular flexibility index (Phi) is 6.85. The van der Waals surface area contributed by atoms with Crippen LogP contribution in [0.2, 0.25) is 10.0 Å². The number of hydrogen-bond donors (Lipinski definition) is 2. The third kappa shape index (κ3) is 5.70. The molecule has 1 atom stereocenters. The molecule has 0 spiro atoms. The number of halogens is 2. The Balaban J connectivity index is 2.39. The maximum atomic E-state index is 9.81. The Morgan fingerprint density at radius 2 is 2.18 bits per heavy atom. The van der Waals surface area contributed by atoms with Crippen molar-refractivity contribution in [3.63, 3.8) is 0 Å². The fourth-order valence-electron chi connectivity index (χ4n) is 1.47. The molecule has 0 aliphatic heterocycles. The number of methoxy groups -OCH3 is 1. The Hall–Kier alpha value is -0.320. The van der Waals surface area contributed by atoms with Crippen LogP contribution in [0.25, 0.3) is 0 Å². The molecule has 1 aromatic carbocycles. The number of ether oxygens (including phenoxy) is 1. The topological polar surface area (TPSA) is 41.5 Å². The van der Waals surface area contributed by atoms with E-state index in [-0.39, 0.29) is 0 Å². The molecular weight excluding hydrogens is 261 g/mol. The standard InChI is InChI=1S/C12H17Cl2NO2/c1-17-5-4-15-8-11(16)7-9-6-10(13)2-3-12(9)14/h2-3,6,11,15-16H,4-5,7-8H2,1H3. The summed E-state index contributed by atoms with van der Waals surface area (Å²) in [5.41, 5.74) is 0.861. The first-order chi connectivity index (χ1) is 8.13. The molecule has 5 heteroatoms. The van der Waals surface area contributed by atoms with Gasteiger partial charge in [-0.2, -0.15) is 0 Å². The molecule has 1 aromatic rings. The zero-order valence-corrected chi connectivity index (χ0v) is 11.3. The highest BCUT2D eigenvalue weighted by molar-refractivity contribution is 6.33. The first kappa shape index (κ1) is 14.7. The van der Waals surface area contributed by atoms with Gasteiger partial charge in [0, 0.05) is 36.7 Å². The fourth-order valence-corrected chi connectivity index (χ4v) is 1.86. The fraction of sp³-hybridized carbons (Fsp3) is 0.500. The average Bonchev–Trinajstić information content (AvgIpc) is 2.29. The number of nitrogens with one attached hydrogen (secondary N) is 1. The van der Waals surface area contributed by atoms with E-state index in [1.807, 2.05) is 0 Å². The van der Waals surface area contributed by atoms with Gasteiger partial charge in [0.25, 0.3) is 0 Å². The second kappa shape index (κ2) is 7.90. The molecule has 0 aliphatic carbocycles. The van der Waals surface area contributed by atoms with E-state index in [0.29, 0.717) is 29.6 Å². The van der Waals surface area contributed by atoms with E-state index < -0.39 is 6.10 Å². The smallest absolute Gasteiger partial charge is 0.0705 e. The maximum absolute atomic E-state index is 9.81. The average molecular weight is 278 g/mol. The van der Waals surface area contributed by atoms with Crippen LogP contribution in [0.5, 0.6) is 0 Å². The quantitative estimate of drug-likeness (QED) is 0.751. The van der Waals surface area contributed by atoms with Gasteiger partial charge in [0.2, 0.25) is 0 Å². The SMILES string of the molecule is COCCNCC(O)Cc1cc(Cl)ccc1Cl. The summed E-state index contributed by atoms with van der Waals surface area (Å²) in [6.07, 6.45) is 0.00199. The lowest BCUT2D eigenvalue weighted by atomic mass is 10.1. The molecule has 0 aromatic heterocycles. The molecule has 0 heterocycles. The van der Waals surface area contributed by atoms with Crippen molar-refractivity contribution in [3.05, 3.63) is 33.8 Å². The number of aliphatic hydroxyl groups is 1. The van der Waals surface area contributed by atoms with Gasteiger partial charge in [-0.1, -0.05) is 23.2 Å². The van der Waals surface area contributed by atoms with Crippen LogP contribution in [0.1, 0.15) is 5.56 Å². The van der Waals surface area contributed by atoms with E-state index in [1.165, 1.54) is 0 Å². The monoisotopic (exact) mass is 277 g/mol. The lowest BCUT2D eigenvalue weighted by Gasteiger charge is -2.13. The van der Waals surface area contributed by atoms with Crippen LogP contribution in [-0.2, 0) is 11.2 Å². The van der Waals surface area contributed by atoms with Crippen molar-refractivity contribution < 1.29 is 9.84 Å². The highest BCUT2D eigenvalue weighted by Gasteiger charge is 2.08. The van der Waals surface area contributed by atoms with Crippen molar-refractivity contribution >= 4 is 23.2 Å². The van der Waals surface area contributed by atoms with Gasteiger partial charge in [0.1, 0.15) is 0 Å². The summed E-state index contributed by atoms with van der Waals surface area (Å²) in [5, 5.41) is 14.2. The molecule has 0 amide bonds. The minimum Gasteiger partial charge on any atom is -0.391 e. The Morgan fingerprint density at radius 1 is 1.41 bits per heavy atom. The van der Waals surface area contributed by atoms with Crippen LogP contribution in [0.3, 0.4) is 0 Å². The highest BCUT2D eigenvalue weighted by atomic mass is 35.5. The van der Waals surface area contributed by atoms with Crippen LogP contribution in [-0.4, -0.2) is 38.0 Å². The summed E-state index contributed by atoms with van der Waals surface area (Å²) in [5.74, 6) is 0. The number of benzene rings is 1. The zero-order chi connectivity index (χ0) is 12.7. The number of hydrogen-bond acceptors (Lipinski definition) is 3. The first-order valence-corrected chi connectivity index (χ1v) is 6.20. The summed E-state index contributed by atoms with van der Waals surface area (Å²) in [7, 11) is 1.64. The van der Waals surface area contributed by atoms with Crippen molar-refractivity contribution in [1.82, 2.24) is 5.32 Å². The van der Waals surface area contributed by atoms with Gasteiger partial charge < -0.3 is 15.2 Å². The van der Waals surface area contributed by atoms with Gasteiger partial charge >= 0.3 is 0 Å². The predicted octanol–water partition coefficient (Wildman–Crippen LogP) is 2.13. The molecule has 3 nitrogen and oxygen atoms in total. The van der Waals surface area contributed by atoms with E-state index in [1.54, 1.807) is 25.3 Å². The Labute approximate surface area is 112 Å². The summed E-state index contributed by atoms with van der Waals surface area (Å²) in [6, 6.07) is 5.25. The van der Waals surface area contributed by atoms with E-state index in [4.69, 9.17) is 27.9 Å². The number of aliphatic hydroxyl groups excluding tert-OH is 1. The summed E-state index contributed by atoms with van der Waals surface area (Å²) in [6.45, 7) is 1.85. The minimum atomic E-state index is -0.483. The van der Waals surface area contributed by atoms with Crippen molar-refractivity contribution in [3.8, 4) is 0 Å². The maximum Gasteiger partial charge on any atom is 0.0705 e. The molecule has 2 N–H and O–H groups in total. The summed E-state index contributed by atoms with van der Waals surface area (Å²) >= 11 is 11.9. The van der Waals surface area contributed by atoms with Gasteiger partial charge in [-0.15, -0.1) is 0 Å². The van der Waals surface area contributed by atoms with E-state index in [0.717, 1.165) is 12.1 Å². The summed E-state index contributed by atoms with van der Waals surface area (Å²) in [4.78, 5) is 0. The van der Waals surface area contributed by atoms with Gasteiger partial charge in [0.05, 0.1) is 12.7 Å². The molecule has 96 valence electrons. The normalized spacial score (nSPS) is 12.7. The Bertz CT molecular complexity index is 347. The third-order valence-corrected chi connectivity index (χ3v) is 2.93. The van der Waals surface area contributed by atoms with Crippen molar-refractivity contribution in [2.75, 3.05) is 26.8 Å². The number of rotatable bonds is 7. The Morgan fingerprint density at radius 3 is 2.88 bits per heavy atom. The predicted molar refractivity (Wildman–Crippen MR) is 70.9 cm³/mol. The molecule has 0 aliphatic rings. The molecule has 0 radical (unpaired) electrons. The van der Waals surface area contributed by atoms with Crippen LogP contribution >= 0.6 is 23.2 Å². The largest absolute Gasteiger partial charge is 0.391 e. The van der Waals surface area contributed by atoms with Crippen LogP contribution < -0.4 is 5.32 Å². The first-order valence-electron chi connectivity index (χ1n) is 5.45. The molecule has 0 fully saturated rings. The lowest BCUT2D eigenvalue weighted by Crippen LogP contribution is -2.30. The van der Waals surface area contributed by atoms with Crippen LogP contribution in [0, 0.1) is 0 Å². The van der Waals surface area contributed by atoms with Crippen molar-refractivity contribution in [2.45, 2.75) is 12.5 Å². The molecule has 0 saturated heterocycles. The molecule has 1 unspecified atom stereocenters. The van der Waals surface area contributed by atoms with Gasteiger partial charge in [-0.3, -0.25) is 0 Å². The molecule has 0 saturated carbocycles. The van der Waals surface area contributed by atoms with E-state index in [2.05, 4.69) is 5.32 Å². The van der Waals surface area contributed by atoms with Crippen LogP contribution in [0.15, 0.2) is 18.2 Å². The second-order valence-corrected chi connectivity index (χ2v) is 4.63. The van der Waals surface area contributed by atoms with Gasteiger partial charge in [-0.25, -0.2) is 0 Å².